The van der Waals surface area contributed by atoms with Gasteiger partial charge in [0.2, 0.25) is 0 Å². The first kappa shape index (κ1) is 27.2. The van der Waals surface area contributed by atoms with Crippen molar-refractivity contribution in [3.8, 4) is 5.75 Å². The van der Waals surface area contributed by atoms with Crippen LogP contribution in [0, 0.1) is 5.41 Å². The minimum Gasteiger partial charge on any atom is -0.497 e. The van der Waals surface area contributed by atoms with Gasteiger partial charge in [0.15, 0.2) is 0 Å². The van der Waals surface area contributed by atoms with E-state index in [1.807, 2.05) is 12.1 Å². The molecule has 1 aromatic carbocycles. The van der Waals surface area contributed by atoms with Crippen LogP contribution in [-0.2, 0) is 30.3 Å². The second-order valence-corrected chi connectivity index (χ2v) is 9.02. The molecule has 1 fully saturated rings. The molecule has 1 aromatic rings. The molecule has 0 bridgehead atoms. The van der Waals surface area contributed by atoms with Crippen LogP contribution in [-0.4, -0.2) is 68.3 Å². The van der Waals surface area contributed by atoms with Gasteiger partial charge in [0.25, 0.3) is 5.92 Å². The van der Waals surface area contributed by atoms with Crippen molar-refractivity contribution in [1.82, 2.24) is 0 Å². The molecule has 0 saturated carbocycles. The number of hydrogen-bond donors (Lipinski definition) is 1. The molecule has 1 saturated heterocycles. The molecule has 0 aliphatic carbocycles. The van der Waals surface area contributed by atoms with Gasteiger partial charge >= 0.3 is 5.97 Å². The summed E-state index contributed by atoms with van der Waals surface area (Å²) in [6, 6.07) is 7.24. The van der Waals surface area contributed by atoms with E-state index in [0.29, 0.717) is 11.8 Å². The van der Waals surface area contributed by atoms with Gasteiger partial charge in [-0.15, -0.1) is 0 Å². The summed E-state index contributed by atoms with van der Waals surface area (Å²) >= 11 is 0. The van der Waals surface area contributed by atoms with Gasteiger partial charge in [0, 0.05) is 13.5 Å². The Bertz CT molecular complexity index is 776. The summed E-state index contributed by atoms with van der Waals surface area (Å²) in [4.78, 5) is 12.2. The lowest BCUT2D eigenvalue weighted by Gasteiger charge is -2.26. The molecule has 5 atom stereocenters. The summed E-state index contributed by atoms with van der Waals surface area (Å²) in [6.07, 6.45) is -5.20. The SMILES string of the molecule is C=CC(F)(F)C(O)CC1O[C@@H](COC(=O)C(C)(C)C)[C@H](OCc2ccc(OC)cc2)[C@H]1OC. The number of rotatable bonds is 11. The first-order valence-electron chi connectivity index (χ1n) is 10.7. The predicted octanol–water partition coefficient (Wildman–Crippen LogP) is 3.52. The molecule has 1 heterocycles. The molecule has 0 amide bonds. The number of halogens is 2. The zero-order chi connectivity index (χ0) is 24.8. The fraction of sp³-hybridized carbons (Fsp3) is 0.625. The van der Waals surface area contributed by atoms with Gasteiger partial charge in [-0.1, -0.05) is 18.7 Å². The number of carbonyl (C=O) groups is 1. The third-order valence-electron chi connectivity index (χ3n) is 5.44. The highest BCUT2D eigenvalue weighted by molar-refractivity contribution is 5.75. The van der Waals surface area contributed by atoms with Gasteiger partial charge in [-0.05, 0) is 44.5 Å². The van der Waals surface area contributed by atoms with Crippen molar-refractivity contribution in [1.29, 1.82) is 0 Å². The highest BCUT2D eigenvalue weighted by Crippen LogP contribution is 2.33. The van der Waals surface area contributed by atoms with Crippen LogP contribution in [0.3, 0.4) is 0 Å². The molecular weight excluding hydrogens is 438 g/mol. The predicted molar refractivity (Wildman–Crippen MR) is 117 cm³/mol. The number of benzene rings is 1. The van der Waals surface area contributed by atoms with Gasteiger partial charge < -0.3 is 28.8 Å². The van der Waals surface area contributed by atoms with Gasteiger partial charge in [0.1, 0.15) is 36.8 Å². The largest absolute Gasteiger partial charge is 0.497 e. The molecule has 33 heavy (non-hydrogen) atoms. The Morgan fingerprint density at radius 1 is 1.18 bits per heavy atom. The van der Waals surface area contributed by atoms with E-state index in [9.17, 15) is 18.7 Å². The zero-order valence-corrected chi connectivity index (χ0v) is 19.8. The van der Waals surface area contributed by atoms with E-state index in [-0.39, 0.29) is 13.2 Å². The minimum absolute atomic E-state index is 0.145. The maximum Gasteiger partial charge on any atom is 0.311 e. The molecule has 7 nitrogen and oxygen atoms in total. The fourth-order valence-electron chi connectivity index (χ4n) is 3.42. The molecular formula is C24H34F2O7. The summed E-state index contributed by atoms with van der Waals surface area (Å²) < 4.78 is 55.7. The topological polar surface area (TPSA) is 83.5 Å². The summed E-state index contributed by atoms with van der Waals surface area (Å²) in [6.45, 7) is 8.26. The Hall–Kier alpha value is -2.07. The number of hydrogen-bond acceptors (Lipinski definition) is 7. The average Bonchev–Trinajstić information content (AvgIpc) is 3.11. The molecule has 1 aliphatic rings. The Morgan fingerprint density at radius 2 is 1.82 bits per heavy atom. The number of methoxy groups -OCH3 is 2. The van der Waals surface area contributed by atoms with Crippen molar-refractivity contribution in [2.75, 3.05) is 20.8 Å². The number of ether oxygens (including phenoxy) is 5. The van der Waals surface area contributed by atoms with Crippen LogP contribution in [0.5, 0.6) is 5.75 Å². The van der Waals surface area contributed by atoms with Crippen LogP contribution >= 0.6 is 0 Å². The maximum absolute atomic E-state index is 13.9. The number of alkyl halides is 2. The van der Waals surface area contributed by atoms with Crippen molar-refractivity contribution in [3.63, 3.8) is 0 Å². The van der Waals surface area contributed by atoms with E-state index in [1.54, 1.807) is 40.0 Å². The van der Waals surface area contributed by atoms with E-state index in [2.05, 4.69) is 6.58 Å². The van der Waals surface area contributed by atoms with E-state index in [1.165, 1.54) is 7.11 Å². The third kappa shape index (κ3) is 7.20. The standard InChI is InChI=1S/C24H34F2O7/c1-7-24(25,26)19(27)12-17-20(30-6)21(18(33-17)14-32-22(28)23(2,3)4)31-13-15-8-10-16(29-5)11-9-15/h7-11,17-21,27H,1,12-14H2,2-6H3/t17?,18-,19?,20-,21-/m0/s1. The second-order valence-electron chi connectivity index (χ2n) is 9.02. The molecule has 1 N–H and O–H groups in total. The van der Waals surface area contributed by atoms with Gasteiger partial charge in [0.05, 0.1) is 25.2 Å². The summed E-state index contributed by atoms with van der Waals surface area (Å²) in [7, 11) is 2.98. The first-order valence-corrected chi connectivity index (χ1v) is 10.7. The molecule has 1 aliphatic heterocycles. The second kappa shape index (κ2) is 11.4. The number of aliphatic hydroxyl groups is 1. The minimum atomic E-state index is -3.49. The summed E-state index contributed by atoms with van der Waals surface area (Å²) in [5.41, 5.74) is 0.123. The van der Waals surface area contributed by atoms with Crippen LogP contribution in [0.1, 0.15) is 32.8 Å². The molecule has 2 unspecified atom stereocenters. The van der Waals surface area contributed by atoms with Crippen LogP contribution < -0.4 is 4.74 Å². The first-order chi connectivity index (χ1) is 15.4. The number of aliphatic hydroxyl groups excluding tert-OH is 1. The maximum atomic E-state index is 13.9. The Labute approximate surface area is 193 Å². The van der Waals surface area contributed by atoms with E-state index in [0.717, 1.165) is 5.56 Å². The lowest BCUT2D eigenvalue weighted by molar-refractivity contribution is -0.160. The zero-order valence-electron chi connectivity index (χ0n) is 19.8. The molecule has 186 valence electrons. The molecule has 0 radical (unpaired) electrons. The number of esters is 1. The monoisotopic (exact) mass is 472 g/mol. The van der Waals surface area contributed by atoms with Gasteiger partial charge in [-0.25, -0.2) is 0 Å². The van der Waals surface area contributed by atoms with Crippen molar-refractivity contribution in [2.24, 2.45) is 5.41 Å². The number of carbonyl (C=O) groups excluding carboxylic acids is 1. The normalized spacial score (nSPS) is 24.4. The summed E-state index contributed by atoms with van der Waals surface area (Å²) in [5, 5.41) is 10.0. The van der Waals surface area contributed by atoms with Crippen LogP contribution in [0.25, 0.3) is 0 Å². The van der Waals surface area contributed by atoms with Crippen molar-refractivity contribution >= 4 is 5.97 Å². The summed E-state index contributed by atoms with van der Waals surface area (Å²) in [5.74, 6) is -3.23. The lowest BCUT2D eigenvalue weighted by atomic mass is 9.97. The van der Waals surface area contributed by atoms with Crippen LogP contribution in [0.4, 0.5) is 8.78 Å². The molecule has 0 aromatic heterocycles. The van der Waals surface area contributed by atoms with Crippen LogP contribution in [0.2, 0.25) is 0 Å². The Kier molecular flexibility index (Phi) is 9.37. The smallest absolute Gasteiger partial charge is 0.311 e. The van der Waals surface area contributed by atoms with E-state index >= 15 is 0 Å². The van der Waals surface area contributed by atoms with E-state index in [4.69, 9.17) is 23.7 Å². The van der Waals surface area contributed by atoms with Crippen molar-refractivity contribution in [2.45, 2.75) is 70.2 Å². The average molecular weight is 473 g/mol. The molecule has 0 spiro atoms. The Morgan fingerprint density at radius 3 is 2.33 bits per heavy atom. The fourth-order valence-corrected chi connectivity index (χ4v) is 3.42. The Balaban J connectivity index is 2.16. The molecule has 2 rings (SSSR count). The van der Waals surface area contributed by atoms with Gasteiger partial charge in [-0.3, -0.25) is 4.79 Å². The van der Waals surface area contributed by atoms with Crippen molar-refractivity contribution in [3.05, 3.63) is 42.5 Å². The third-order valence-corrected chi connectivity index (χ3v) is 5.44. The van der Waals surface area contributed by atoms with Crippen molar-refractivity contribution < 1.29 is 42.4 Å². The highest BCUT2D eigenvalue weighted by atomic mass is 19.3. The lowest BCUT2D eigenvalue weighted by Crippen LogP contribution is -2.41. The van der Waals surface area contributed by atoms with Crippen LogP contribution in [0.15, 0.2) is 36.9 Å². The quantitative estimate of drug-likeness (QED) is 0.390. The van der Waals surface area contributed by atoms with E-state index < -0.39 is 54.2 Å². The highest BCUT2D eigenvalue weighted by Gasteiger charge is 2.49. The van der Waals surface area contributed by atoms with Gasteiger partial charge in [-0.2, -0.15) is 8.78 Å². The molecule has 9 heteroatoms.